The minimum atomic E-state index is -0.466. The van der Waals surface area contributed by atoms with Crippen molar-refractivity contribution in [1.82, 2.24) is 4.90 Å². The number of aliphatic hydroxyl groups is 1. The molecule has 1 aromatic rings. The maximum absolute atomic E-state index is 9.90. The van der Waals surface area contributed by atoms with Gasteiger partial charge in [-0.1, -0.05) is 15.9 Å². The van der Waals surface area contributed by atoms with Crippen molar-refractivity contribution in [3.63, 3.8) is 0 Å². The number of aliphatic hydroxyl groups excluding tert-OH is 1. The van der Waals surface area contributed by atoms with Gasteiger partial charge in [-0.3, -0.25) is 4.90 Å². The predicted molar refractivity (Wildman–Crippen MR) is 80.2 cm³/mol. The van der Waals surface area contributed by atoms with Crippen molar-refractivity contribution in [2.75, 3.05) is 39.5 Å². The molecule has 4 nitrogen and oxygen atoms in total. The van der Waals surface area contributed by atoms with Crippen molar-refractivity contribution < 1.29 is 14.6 Å². The van der Waals surface area contributed by atoms with Gasteiger partial charge in [0.25, 0.3) is 0 Å². The molecule has 0 amide bonds. The van der Waals surface area contributed by atoms with Crippen molar-refractivity contribution in [1.29, 1.82) is 0 Å². The summed E-state index contributed by atoms with van der Waals surface area (Å²) >= 11 is 3.37. The van der Waals surface area contributed by atoms with Gasteiger partial charge in [-0.05, 0) is 24.3 Å². The highest BCUT2D eigenvalue weighted by Crippen LogP contribution is 2.16. The number of rotatable bonds is 5. The molecular weight excluding hydrogens is 334 g/mol. The number of halogens is 2. The van der Waals surface area contributed by atoms with Crippen molar-refractivity contribution in [2.45, 2.75) is 6.10 Å². The van der Waals surface area contributed by atoms with Gasteiger partial charge in [0.2, 0.25) is 0 Å². The first-order valence-electron chi connectivity index (χ1n) is 6.10. The van der Waals surface area contributed by atoms with Gasteiger partial charge in [-0.2, -0.15) is 0 Å². The van der Waals surface area contributed by atoms with Crippen LogP contribution in [0.5, 0.6) is 5.75 Å². The summed E-state index contributed by atoms with van der Waals surface area (Å²) in [5.41, 5.74) is 0. The minimum Gasteiger partial charge on any atom is -0.491 e. The van der Waals surface area contributed by atoms with Crippen LogP contribution < -0.4 is 4.74 Å². The Morgan fingerprint density at radius 1 is 1.26 bits per heavy atom. The van der Waals surface area contributed by atoms with Crippen LogP contribution in [0.2, 0.25) is 0 Å². The molecule has 19 heavy (non-hydrogen) atoms. The molecule has 0 aliphatic carbocycles. The number of morpholine rings is 1. The molecule has 1 aromatic carbocycles. The highest BCUT2D eigenvalue weighted by atomic mass is 79.9. The summed E-state index contributed by atoms with van der Waals surface area (Å²) < 4.78 is 11.8. The molecule has 1 atom stereocenters. The summed E-state index contributed by atoms with van der Waals surface area (Å²) in [6.45, 7) is 4.23. The molecule has 0 radical (unpaired) electrons. The van der Waals surface area contributed by atoms with Crippen LogP contribution in [0.4, 0.5) is 0 Å². The van der Waals surface area contributed by atoms with Gasteiger partial charge in [-0.15, -0.1) is 12.4 Å². The lowest BCUT2D eigenvalue weighted by Gasteiger charge is -2.28. The molecular formula is C13H19BrClNO3. The second-order valence-electron chi connectivity index (χ2n) is 4.33. The summed E-state index contributed by atoms with van der Waals surface area (Å²) in [6, 6.07) is 7.60. The largest absolute Gasteiger partial charge is 0.491 e. The number of nitrogens with zero attached hydrogens (tertiary/aromatic N) is 1. The Kier molecular flexibility index (Phi) is 7.71. The fourth-order valence-corrected chi connectivity index (χ4v) is 2.12. The molecule has 0 bridgehead atoms. The quantitative estimate of drug-likeness (QED) is 0.879. The van der Waals surface area contributed by atoms with Crippen LogP contribution in [0, 0.1) is 0 Å². The number of β-amino-alcohol motifs (C(OH)–C–C–N with tert-alkyl or cyclic N) is 1. The normalized spacial score (nSPS) is 17.6. The van der Waals surface area contributed by atoms with Crippen LogP contribution in [0.1, 0.15) is 0 Å². The first kappa shape index (κ1) is 16.7. The van der Waals surface area contributed by atoms with E-state index in [1.165, 1.54) is 0 Å². The molecule has 1 fully saturated rings. The van der Waals surface area contributed by atoms with Gasteiger partial charge < -0.3 is 14.6 Å². The maximum atomic E-state index is 9.90. The molecule has 1 unspecified atom stereocenters. The third-order valence-electron chi connectivity index (χ3n) is 2.83. The third-order valence-corrected chi connectivity index (χ3v) is 3.36. The maximum Gasteiger partial charge on any atom is 0.119 e. The van der Waals surface area contributed by atoms with Gasteiger partial charge in [0.15, 0.2) is 0 Å². The molecule has 2 rings (SSSR count). The van der Waals surface area contributed by atoms with Gasteiger partial charge in [0, 0.05) is 24.1 Å². The lowest BCUT2D eigenvalue weighted by molar-refractivity contribution is 0.00465. The average molecular weight is 353 g/mol. The van der Waals surface area contributed by atoms with Crippen molar-refractivity contribution in [2.24, 2.45) is 0 Å². The molecule has 6 heteroatoms. The van der Waals surface area contributed by atoms with E-state index in [1.807, 2.05) is 24.3 Å². The van der Waals surface area contributed by atoms with Crippen molar-refractivity contribution in [3.05, 3.63) is 28.7 Å². The van der Waals surface area contributed by atoms with E-state index in [0.29, 0.717) is 13.2 Å². The van der Waals surface area contributed by atoms with Crippen LogP contribution in [0.25, 0.3) is 0 Å². The molecule has 1 aliphatic heterocycles. The topological polar surface area (TPSA) is 41.9 Å². The van der Waals surface area contributed by atoms with E-state index in [0.717, 1.165) is 36.5 Å². The Balaban J connectivity index is 0.00000180. The van der Waals surface area contributed by atoms with Gasteiger partial charge in [0.1, 0.15) is 18.5 Å². The Bertz CT molecular complexity index is 357. The average Bonchev–Trinajstić information content (AvgIpc) is 2.39. The highest BCUT2D eigenvalue weighted by molar-refractivity contribution is 9.10. The second kappa shape index (κ2) is 8.76. The summed E-state index contributed by atoms with van der Waals surface area (Å²) in [6.07, 6.45) is -0.466. The lowest BCUT2D eigenvalue weighted by Crippen LogP contribution is -2.42. The molecule has 1 saturated heterocycles. The number of benzene rings is 1. The minimum absolute atomic E-state index is 0. The number of ether oxygens (including phenoxy) is 2. The van der Waals surface area contributed by atoms with E-state index in [-0.39, 0.29) is 12.4 Å². The van der Waals surface area contributed by atoms with Gasteiger partial charge in [-0.25, -0.2) is 0 Å². The third kappa shape index (κ3) is 6.10. The zero-order valence-electron chi connectivity index (χ0n) is 10.6. The summed E-state index contributed by atoms with van der Waals surface area (Å²) in [4.78, 5) is 2.19. The molecule has 0 saturated carbocycles. The van der Waals surface area contributed by atoms with E-state index >= 15 is 0 Å². The lowest BCUT2D eigenvalue weighted by atomic mass is 10.3. The second-order valence-corrected chi connectivity index (χ2v) is 5.25. The van der Waals surface area contributed by atoms with E-state index in [4.69, 9.17) is 9.47 Å². The van der Waals surface area contributed by atoms with Crippen molar-refractivity contribution in [3.8, 4) is 5.75 Å². The van der Waals surface area contributed by atoms with Crippen LogP contribution in [-0.4, -0.2) is 55.6 Å². The fraction of sp³-hybridized carbons (Fsp3) is 0.538. The van der Waals surface area contributed by atoms with E-state index in [2.05, 4.69) is 20.8 Å². The first-order valence-corrected chi connectivity index (χ1v) is 6.90. The van der Waals surface area contributed by atoms with E-state index in [9.17, 15) is 5.11 Å². The van der Waals surface area contributed by atoms with Crippen molar-refractivity contribution >= 4 is 28.3 Å². The van der Waals surface area contributed by atoms with Crippen LogP contribution in [0.15, 0.2) is 28.7 Å². The Labute approximate surface area is 128 Å². The molecule has 1 N–H and O–H groups in total. The summed E-state index contributed by atoms with van der Waals surface area (Å²) in [5.74, 6) is 0.777. The monoisotopic (exact) mass is 351 g/mol. The Morgan fingerprint density at radius 3 is 2.53 bits per heavy atom. The van der Waals surface area contributed by atoms with Crippen LogP contribution in [-0.2, 0) is 4.74 Å². The Hall–Kier alpha value is -0.330. The number of hydrogen-bond acceptors (Lipinski definition) is 4. The zero-order chi connectivity index (χ0) is 12.8. The van der Waals surface area contributed by atoms with Gasteiger partial charge in [0.05, 0.1) is 13.2 Å². The van der Waals surface area contributed by atoms with E-state index < -0.39 is 6.10 Å². The number of hydrogen-bond donors (Lipinski definition) is 1. The summed E-state index contributed by atoms with van der Waals surface area (Å²) in [7, 11) is 0. The van der Waals surface area contributed by atoms with Crippen LogP contribution >= 0.6 is 28.3 Å². The summed E-state index contributed by atoms with van der Waals surface area (Å²) in [5, 5.41) is 9.90. The molecule has 108 valence electrons. The SMILES string of the molecule is Cl.OC(COc1ccc(Br)cc1)CN1CCOCC1. The Morgan fingerprint density at radius 2 is 1.89 bits per heavy atom. The predicted octanol–water partition coefficient (Wildman–Crippen LogP) is 1.94. The zero-order valence-corrected chi connectivity index (χ0v) is 13.0. The van der Waals surface area contributed by atoms with Crippen LogP contribution in [0.3, 0.4) is 0 Å². The van der Waals surface area contributed by atoms with Gasteiger partial charge >= 0.3 is 0 Å². The molecule has 1 aliphatic rings. The fourth-order valence-electron chi connectivity index (χ4n) is 1.86. The molecule has 1 heterocycles. The van der Waals surface area contributed by atoms with E-state index in [1.54, 1.807) is 0 Å². The highest BCUT2D eigenvalue weighted by Gasteiger charge is 2.15. The molecule has 0 aromatic heterocycles. The first-order chi connectivity index (χ1) is 8.74. The standard InChI is InChI=1S/C13H18BrNO3.ClH/c14-11-1-3-13(4-2-11)18-10-12(16)9-15-5-7-17-8-6-15;/h1-4,12,16H,5-10H2;1H. The smallest absolute Gasteiger partial charge is 0.119 e. The molecule has 0 spiro atoms.